The molecule has 0 radical (unpaired) electrons. The number of hydrogen-bond donors (Lipinski definition) is 1. The van der Waals surface area contributed by atoms with Gasteiger partial charge in [-0.25, -0.2) is 0 Å². The molecule has 0 aromatic rings. The normalized spacial score (nSPS) is 27.6. The standard InChI is InChI=1S/C12H23NO2/c1-2-15-12(5-7-14-8-6-12)11(13)9-10-3-4-10/h10-11H,2-9,13H2,1H3. The molecule has 1 aliphatic carbocycles. The largest absolute Gasteiger partial charge is 0.381 e. The van der Waals surface area contributed by atoms with E-state index in [1.54, 1.807) is 0 Å². The second-order valence-corrected chi connectivity index (χ2v) is 4.90. The molecule has 3 nitrogen and oxygen atoms in total. The maximum Gasteiger partial charge on any atom is 0.0876 e. The summed E-state index contributed by atoms with van der Waals surface area (Å²) in [6.45, 7) is 4.43. The lowest BCUT2D eigenvalue weighted by Crippen LogP contribution is -2.53. The first-order chi connectivity index (χ1) is 7.27. The highest BCUT2D eigenvalue weighted by atomic mass is 16.5. The van der Waals surface area contributed by atoms with Crippen molar-refractivity contribution in [3.05, 3.63) is 0 Å². The van der Waals surface area contributed by atoms with E-state index in [4.69, 9.17) is 15.2 Å². The van der Waals surface area contributed by atoms with Gasteiger partial charge in [-0.1, -0.05) is 12.8 Å². The molecule has 1 aliphatic heterocycles. The Morgan fingerprint density at radius 3 is 2.60 bits per heavy atom. The molecular weight excluding hydrogens is 190 g/mol. The summed E-state index contributed by atoms with van der Waals surface area (Å²) < 4.78 is 11.4. The predicted molar refractivity (Wildman–Crippen MR) is 59.7 cm³/mol. The van der Waals surface area contributed by atoms with E-state index < -0.39 is 0 Å². The Morgan fingerprint density at radius 2 is 2.07 bits per heavy atom. The van der Waals surface area contributed by atoms with E-state index in [1.165, 1.54) is 12.8 Å². The Bertz CT molecular complexity index is 192. The minimum absolute atomic E-state index is 0.0877. The molecule has 0 aromatic heterocycles. The average molecular weight is 213 g/mol. The van der Waals surface area contributed by atoms with Crippen LogP contribution in [0.2, 0.25) is 0 Å². The van der Waals surface area contributed by atoms with Crippen LogP contribution in [0.5, 0.6) is 0 Å². The quantitative estimate of drug-likeness (QED) is 0.756. The number of rotatable bonds is 5. The molecule has 0 amide bonds. The molecule has 1 saturated heterocycles. The van der Waals surface area contributed by atoms with Gasteiger partial charge in [0.25, 0.3) is 0 Å². The molecule has 0 spiro atoms. The fraction of sp³-hybridized carbons (Fsp3) is 1.00. The van der Waals surface area contributed by atoms with Gasteiger partial charge in [-0.15, -0.1) is 0 Å². The molecule has 3 heteroatoms. The fourth-order valence-electron chi connectivity index (χ4n) is 2.55. The van der Waals surface area contributed by atoms with Crippen LogP contribution < -0.4 is 5.73 Å². The van der Waals surface area contributed by atoms with Crippen LogP contribution in [-0.2, 0) is 9.47 Å². The Morgan fingerprint density at radius 1 is 1.40 bits per heavy atom. The van der Waals surface area contributed by atoms with Gasteiger partial charge in [-0.2, -0.15) is 0 Å². The summed E-state index contributed by atoms with van der Waals surface area (Å²) in [6.07, 6.45) is 5.81. The van der Waals surface area contributed by atoms with Crippen molar-refractivity contribution in [3.8, 4) is 0 Å². The van der Waals surface area contributed by atoms with Crippen molar-refractivity contribution in [3.63, 3.8) is 0 Å². The Labute approximate surface area is 92.3 Å². The Balaban J connectivity index is 1.94. The van der Waals surface area contributed by atoms with Crippen LogP contribution >= 0.6 is 0 Å². The summed E-state index contributed by atoms with van der Waals surface area (Å²) in [5.41, 5.74) is 6.24. The lowest BCUT2D eigenvalue weighted by atomic mass is 9.83. The van der Waals surface area contributed by atoms with E-state index in [1.807, 2.05) is 0 Å². The van der Waals surface area contributed by atoms with Crippen molar-refractivity contribution in [1.29, 1.82) is 0 Å². The summed E-state index contributed by atoms with van der Waals surface area (Å²) in [5, 5.41) is 0. The number of ether oxygens (including phenoxy) is 2. The molecule has 15 heavy (non-hydrogen) atoms. The molecule has 88 valence electrons. The molecule has 0 aromatic carbocycles. The molecule has 2 N–H and O–H groups in total. The van der Waals surface area contributed by atoms with Gasteiger partial charge in [-0.05, 0) is 19.3 Å². The van der Waals surface area contributed by atoms with E-state index in [-0.39, 0.29) is 11.6 Å². The van der Waals surface area contributed by atoms with Gasteiger partial charge in [0.1, 0.15) is 0 Å². The summed E-state index contributed by atoms with van der Waals surface area (Å²) in [7, 11) is 0. The van der Waals surface area contributed by atoms with Crippen molar-refractivity contribution in [1.82, 2.24) is 0 Å². The zero-order valence-electron chi connectivity index (χ0n) is 9.71. The lowest BCUT2D eigenvalue weighted by Gasteiger charge is -2.41. The summed E-state index contributed by atoms with van der Waals surface area (Å²) in [6, 6.07) is 0.203. The molecule has 1 heterocycles. The van der Waals surface area contributed by atoms with E-state index in [0.717, 1.165) is 45.0 Å². The first kappa shape index (κ1) is 11.4. The smallest absolute Gasteiger partial charge is 0.0876 e. The van der Waals surface area contributed by atoms with Gasteiger partial charge < -0.3 is 15.2 Å². The summed E-state index contributed by atoms with van der Waals surface area (Å²) in [5.74, 6) is 0.875. The minimum Gasteiger partial charge on any atom is -0.381 e. The number of hydrogen-bond acceptors (Lipinski definition) is 3. The van der Waals surface area contributed by atoms with E-state index >= 15 is 0 Å². The van der Waals surface area contributed by atoms with Crippen molar-refractivity contribution < 1.29 is 9.47 Å². The molecule has 2 aliphatic rings. The van der Waals surface area contributed by atoms with Gasteiger partial charge in [0.05, 0.1) is 5.60 Å². The van der Waals surface area contributed by atoms with E-state index in [2.05, 4.69) is 6.92 Å². The van der Waals surface area contributed by atoms with Crippen molar-refractivity contribution in [2.45, 2.75) is 50.7 Å². The zero-order valence-corrected chi connectivity index (χ0v) is 9.71. The van der Waals surface area contributed by atoms with Crippen molar-refractivity contribution in [2.75, 3.05) is 19.8 Å². The highest BCUT2D eigenvalue weighted by Gasteiger charge is 2.41. The number of nitrogens with two attached hydrogens (primary N) is 1. The van der Waals surface area contributed by atoms with Crippen LogP contribution in [0.1, 0.15) is 39.0 Å². The second-order valence-electron chi connectivity index (χ2n) is 4.90. The van der Waals surface area contributed by atoms with Gasteiger partial charge >= 0.3 is 0 Å². The van der Waals surface area contributed by atoms with Crippen LogP contribution in [-0.4, -0.2) is 31.5 Å². The molecule has 2 rings (SSSR count). The Hall–Kier alpha value is -0.120. The zero-order chi connectivity index (χ0) is 10.7. The van der Waals surface area contributed by atoms with Gasteiger partial charge in [0.2, 0.25) is 0 Å². The third-order valence-electron chi connectivity index (χ3n) is 3.73. The average Bonchev–Trinajstić information content (AvgIpc) is 3.03. The first-order valence-electron chi connectivity index (χ1n) is 6.24. The molecular formula is C12H23NO2. The minimum atomic E-state index is -0.0877. The van der Waals surface area contributed by atoms with Gasteiger partial charge in [0, 0.05) is 38.7 Å². The molecule has 1 atom stereocenters. The van der Waals surface area contributed by atoms with Crippen LogP contribution in [0, 0.1) is 5.92 Å². The highest BCUT2D eigenvalue weighted by molar-refractivity contribution is 4.96. The van der Waals surface area contributed by atoms with E-state index in [0.29, 0.717) is 0 Å². The molecule has 1 unspecified atom stereocenters. The summed E-state index contributed by atoms with van der Waals surface area (Å²) in [4.78, 5) is 0. The van der Waals surface area contributed by atoms with Crippen LogP contribution in [0.15, 0.2) is 0 Å². The van der Waals surface area contributed by atoms with Crippen molar-refractivity contribution in [2.24, 2.45) is 11.7 Å². The van der Waals surface area contributed by atoms with E-state index in [9.17, 15) is 0 Å². The predicted octanol–water partition coefficient (Wildman–Crippen LogP) is 1.70. The third-order valence-corrected chi connectivity index (χ3v) is 3.73. The van der Waals surface area contributed by atoms with Crippen molar-refractivity contribution >= 4 is 0 Å². The van der Waals surface area contributed by atoms with Gasteiger partial charge in [0.15, 0.2) is 0 Å². The maximum atomic E-state index is 6.33. The lowest BCUT2D eigenvalue weighted by molar-refractivity contribution is -0.122. The topological polar surface area (TPSA) is 44.5 Å². The van der Waals surface area contributed by atoms with Crippen LogP contribution in [0.4, 0.5) is 0 Å². The maximum absolute atomic E-state index is 6.33. The first-order valence-corrected chi connectivity index (χ1v) is 6.24. The van der Waals surface area contributed by atoms with Crippen LogP contribution in [0.25, 0.3) is 0 Å². The van der Waals surface area contributed by atoms with Gasteiger partial charge in [-0.3, -0.25) is 0 Å². The SMILES string of the molecule is CCOC1(C(N)CC2CC2)CCOCC1. The molecule has 2 fully saturated rings. The molecule has 0 bridgehead atoms. The third kappa shape index (κ3) is 2.71. The fourth-order valence-corrected chi connectivity index (χ4v) is 2.55. The summed E-state index contributed by atoms with van der Waals surface area (Å²) >= 11 is 0. The Kier molecular flexibility index (Phi) is 3.65. The highest BCUT2D eigenvalue weighted by Crippen LogP contribution is 2.38. The monoisotopic (exact) mass is 213 g/mol. The molecule has 1 saturated carbocycles. The van der Waals surface area contributed by atoms with Crippen LogP contribution in [0.3, 0.4) is 0 Å². The second kappa shape index (κ2) is 4.81.